The lowest BCUT2D eigenvalue weighted by Crippen LogP contribution is -2.29. The van der Waals surface area contributed by atoms with Gasteiger partial charge in [-0.05, 0) is 18.2 Å². The Hall–Kier alpha value is -3.77. The third-order valence-corrected chi connectivity index (χ3v) is 5.09. The largest absolute Gasteiger partial charge is 0.481 e. The molecule has 0 saturated carbocycles. The van der Waals surface area contributed by atoms with Crippen molar-refractivity contribution in [3.63, 3.8) is 0 Å². The van der Waals surface area contributed by atoms with Gasteiger partial charge < -0.3 is 10.1 Å². The first kappa shape index (κ1) is 26.8. The molecule has 0 aliphatic rings. The molecule has 1 atom stereocenters. The van der Waals surface area contributed by atoms with E-state index < -0.39 is 76.4 Å². The van der Waals surface area contributed by atoms with Crippen LogP contribution in [0.4, 0.5) is 32.0 Å². The number of nitrogens with one attached hydrogen (secondary N) is 1. The van der Waals surface area contributed by atoms with E-state index in [0.717, 1.165) is 22.8 Å². The van der Waals surface area contributed by atoms with E-state index >= 15 is 4.39 Å². The number of hydrogen-bond acceptors (Lipinski definition) is 4. The fraction of sp³-hybridized carbons (Fsp3) is 0.348. The van der Waals surface area contributed by atoms with E-state index in [1.165, 1.54) is 7.05 Å². The van der Waals surface area contributed by atoms with Crippen LogP contribution in [-0.2, 0) is 12.5 Å². The number of hydrogen-bond donors (Lipinski definition) is 1. The van der Waals surface area contributed by atoms with Gasteiger partial charge in [-0.15, -0.1) is 5.10 Å². The highest BCUT2D eigenvalue weighted by atomic mass is 19.3. The van der Waals surface area contributed by atoms with Crippen molar-refractivity contribution >= 4 is 11.6 Å². The first-order chi connectivity index (χ1) is 16.8. The van der Waals surface area contributed by atoms with E-state index in [9.17, 15) is 31.5 Å². The molecular formula is C23H22F6N4O3. The van der Waals surface area contributed by atoms with Crippen LogP contribution < -0.4 is 15.7 Å². The van der Waals surface area contributed by atoms with Crippen molar-refractivity contribution in [2.45, 2.75) is 38.7 Å². The SMILES string of the molecule is Cn1c(C(C)(C)C)nn(-c2cc(O[C@@H](CF)C(F)F)c(C(=O)Nc3c(F)cccc3F)cc2F)c1=O. The van der Waals surface area contributed by atoms with E-state index in [4.69, 9.17) is 4.74 Å². The van der Waals surface area contributed by atoms with Crippen LogP contribution in [0.3, 0.4) is 0 Å². The van der Waals surface area contributed by atoms with Crippen molar-refractivity contribution < 1.29 is 35.9 Å². The van der Waals surface area contributed by atoms with Crippen molar-refractivity contribution in [3.8, 4) is 11.4 Å². The lowest BCUT2D eigenvalue weighted by Gasteiger charge is -2.19. The molecule has 36 heavy (non-hydrogen) atoms. The number of alkyl halides is 3. The Labute approximate surface area is 201 Å². The van der Waals surface area contributed by atoms with Gasteiger partial charge in [-0.3, -0.25) is 9.36 Å². The molecule has 1 aromatic heterocycles. The summed E-state index contributed by atoms with van der Waals surface area (Å²) in [7, 11) is 1.39. The van der Waals surface area contributed by atoms with Crippen molar-refractivity contribution in [2.24, 2.45) is 7.05 Å². The number of amides is 1. The second-order valence-corrected chi connectivity index (χ2v) is 8.82. The van der Waals surface area contributed by atoms with Crippen LogP contribution in [-0.4, -0.2) is 39.5 Å². The average molecular weight is 516 g/mol. The van der Waals surface area contributed by atoms with Gasteiger partial charge >= 0.3 is 5.69 Å². The summed E-state index contributed by atoms with van der Waals surface area (Å²) in [5.74, 6) is -5.39. The van der Waals surface area contributed by atoms with Gasteiger partial charge in [-0.25, -0.2) is 31.1 Å². The van der Waals surface area contributed by atoms with Gasteiger partial charge in [0.05, 0.1) is 5.56 Å². The Morgan fingerprint density at radius 1 is 1.11 bits per heavy atom. The Bertz CT molecular complexity index is 1330. The maximum atomic E-state index is 15.2. The summed E-state index contributed by atoms with van der Waals surface area (Å²) in [5.41, 5.74) is -3.69. The van der Waals surface area contributed by atoms with Gasteiger partial charge in [0.15, 0.2) is 6.10 Å². The fourth-order valence-electron chi connectivity index (χ4n) is 3.34. The molecule has 3 rings (SSSR count). The standard InChI is InChI=1S/C23H22F6N4O3/c1-23(2,3)21-31-33(22(35)32(21)4)15-9-16(36-17(10-24)19(28)29)11(8-14(15)27)20(34)30-18-12(25)6-5-7-13(18)26/h5-9,17,19H,10H2,1-4H3,(H,30,34)/t17-/m0/s1. The molecule has 0 spiro atoms. The molecule has 0 bridgehead atoms. The smallest absolute Gasteiger partial charge is 0.350 e. The number of rotatable bonds is 7. The van der Waals surface area contributed by atoms with Gasteiger partial charge in [0.2, 0.25) is 0 Å². The predicted octanol–water partition coefficient (Wildman–Crippen LogP) is 4.52. The van der Waals surface area contributed by atoms with Gasteiger partial charge in [0, 0.05) is 18.5 Å². The minimum atomic E-state index is -3.34. The number of para-hydroxylation sites is 1. The summed E-state index contributed by atoms with van der Waals surface area (Å²) in [6, 6.07) is 3.95. The summed E-state index contributed by atoms with van der Waals surface area (Å²) >= 11 is 0. The summed E-state index contributed by atoms with van der Waals surface area (Å²) in [6.45, 7) is 3.56. The Morgan fingerprint density at radius 2 is 1.72 bits per heavy atom. The topological polar surface area (TPSA) is 78.2 Å². The zero-order valence-electron chi connectivity index (χ0n) is 19.6. The second kappa shape index (κ2) is 10.1. The molecule has 0 aliphatic heterocycles. The van der Waals surface area contributed by atoms with E-state index in [2.05, 4.69) is 5.10 Å². The minimum Gasteiger partial charge on any atom is -0.481 e. The lowest BCUT2D eigenvalue weighted by molar-refractivity contribution is -0.00159. The molecular weight excluding hydrogens is 494 g/mol. The fourth-order valence-corrected chi connectivity index (χ4v) is 3.34. The highest BCUT2D eigenvalue weighted by molar-refractivity contribution is 6.06. The van der Waals surface area contributed by atoms with Crippen molar-refractivity contribution in [1.82, 2.24) is 14.3 Å². The maximum Gasteiger partial charge on any atom is 0.350 e. The molecule has 7 nitrogen and oxygen atoms in total. The molecule has 0 radical (unpaired) electrons. The Morgan fingerprint density at radius 3 is 2.22 bits per heavy atom. The molecule has 13 heteroatoms. The van der Waals surface area contributed by atoms with Crippen LogP contribution in [0.2, 0.25) is 0 Å². The van der Waals surface area contributed by atoms with Crippen LogP contribution in [0.15, 0.2) is 35.1 Å². The molecule has 0 aliphatic carbocycles. The minimum absolute atomic E-state index is 0.250. The molecule has 0 fully saturated rings. The van der Waals surface area contributed by atoms with E-state index in [1.54, 1.807) is 20.8 Å². The highest BCUT2D eigenvalue weighted by Crippen LogP contribution is 2.30. The zero-order chi connectivity index (χ0) is 26.9. The number of nitrogens with zero attached hydrogens (tertiary/aromatic N) is 3. The second-order valence-electron chi connectivity index (χ2n) is 8.82. The molecule has 1 N–H and O–H groups in total. The third kappa shape index (κ3) is 5.24. The molecule has 194 valence electrons. The van der Waals surface area contributed by atoms with Gasteiger partial charge in [-0.2, -0.15) is 4.68 Å². The lowest BCUT2D eigenvalue weighted by atomic mass is 9.96. The highest BCUT2D eigenvalue weighted by Gasteiger charge is 2.29. The summed E-state index contributed by atoms with van der Waals surface area (Å²) in [6.07, 6.45) is -5.70. The van der Waals surface area contributed by atoms with Crippen LogP contribution in [0.5, 0.6) is 5.75 Å². The van der Waals surface area contributed by atoms with Gasteiger partial charge in [0.25, 0.3) is 12.3 Å². The molecule has 3 aromatic rings. The quantitative estimate of drug-likeness (QED) is 0.469. The van der Waals surface area contributed by atoms with E-state index in [0.29, 0.717) is 16.8 Å². The Balaban J connectivity index is 2.17. The van der Waals surface area contributed by atoms with Crippen LogP contribution in [0, 0.1) is 17.5 Å². The number of ether oxygens (including phenoxy) is 1. The first-order valence-electron chi connectivity index (χ1n) is 10.5. The number of benzene rings is 2. The molecule has 2 aromatic carbocycles. The number of carbonyl (C=O) groups is 1. The normalized spacial score (nSPS) is 12.6. The zero-order valence-corrected chi connectivity index (χ0v) is 19.6. The molecule has 1 heterocycles. The van der Waals surface area contributed by atoms with Crippen LogP contribution in [0.25, 0.3) is 5.69 Å². The van der Waals surface area contributed by atoms with Crippen molar-refractivity contribution in [2.75, 3.05) is 12.0 Å². The van der Waals surface area contributed by atoms with Gasteiger partial charge in [0.1, 0.15) is 47.1 Å². The molecule has 0 saturated heterocycles. The number of aromatic nitrogens is 3. The van der Waals surface area contributed by atoms with Crippen molar-refractivity contribution in [1.29, 1.82) is 0 Å². The monoisotopic (exact) mass is 516 g/mol. The third-order valence-electron chi connectivity index (χ3n) is 5.09. The number of anilines is 1. The summed E-state index contributed by atoms with van der Waals surface area (Å²) in [4.78, 5) is 25.5. The first-order valence-corrected chi connectivity index (χ1v) is 10.5. The predicted molar refractivity (Wildman–Crippen MR) is 118 cm³/mol. The molecule has 1 amide bonds. The average Bonchev–Trinajstić information content (AvgIpc) is 3.09. The number of halogens is 6. The summed E-state index contributed by atoms with van der Waals surface area (Å²) in [5, 5.41) is 5.98. The van der Waals surface area contributed by atoms with Gasteiger partial charge in [-0.1, -0.05) is 26.8 Å². The molecule has 0 unspecified atom stereocenters. The van der Waals surface area contributed by atoms with Crippen LogP contribution in [0.1, 0.15) is 37.0 Å². The van der Waals surface area contributed by atoms with Crippen LogP contribution >= 0.6 is 0 Å². The number of carbonyl (C=O) groups excluding carboxylic acids is 1. The Kier molecular flexibility index (Phi) is 7.51. The maximum absolute atomic E-state index is 15.2. The van der Waals surface area contributed by atoms with E-state index in [1.807, 2.05) is 5.32 Å². The summed E-state index contributed by atoms with van der Waals surface area (Å²) < 4.78 is 89.5. The van der Waals surface area contributed by atoms with E-state index in [-0.39, 0.29) is 5.82 Å². The van der Waals surface area contributed by atoms with Crippen molar-refractivity contribution in [3.05, 3.63) is 69.7 Å².